The fourth-order valence-electron chi connectivity index (χ4n) is 4.16. The van der Waals surface area contributed by atoms with Gasteiger partial charge in [0.2, 0.25) is 0 Å². The highest BCUT2D eigenvalue weighted by atomic mass is 79.9. The molecule has 1 fully saturated rings. The maximum Gasteiger partial charge on any atom is 0.319 e. The van der Waals surface area contributed by atoms with E-state index in [1.165, 1.54) is 5.56 Å². The molecule has 0 saturated carbocycles. The predicted octanol–water partition coefficient (Wildman–Crippen LogP) is 4.75. The predicted molar refractivity (Wildman–Crippen MR) is 131 cm³/mol. The number of nitrogens with one attached hydrogen (secondary N) is 2. The zero-order valence-corrected chi connectivity index (χ0v) is 19.6. The molecule has 2 atom stereocenters. The first-order valence-corrected chi connectivity index (χ1v) is 11.5. The molecule has 32 heavy (non-hydrogen) atoms. The highest BCUT2D eigenvalue weighted by Crippen LogP contribution is 2.30. The number of carbonyl (C=O) groups is 1. The van der Waals surface area contributed by atoms with E-state index in [4.69, 9.17) is 4.74 Å². The summed E-state index contributed by atoms with van der Waals surface area (Å²) < 4.78 is 6.06. The third-order valence-electron chi connectivity index (χ3n) is 5.70. The van der Waals surface area contributed by atoms with Crippen LogP contribution in [0.5, 0.6) is 0 Å². The molecular formula is C25H27BrN4O2. The molecule has 1 aliphatic heterocycles. The third kappa shape index (κ3) is 5.54. The highest BCUT2D eigenvalue weighted by molar-refractivity contribution is 9.10. The van der Waals surface area contributed by atoms with Gasteiger partial charge in [-0.05, 0) is 27.6 Å². The Labute approximate surface area is 197 Å². The molecule has 0 spiro atoms. The van der Waals surface area contributed by atoms with Crippen LogP contribution in [-0.4, -0.2) is 55.3 Å². The number of carbonyl (C=O) groups excluding carboxylic acids is 1. The maximum atomic E-state index is 13.1. The van der Waals surface area contributed by atoms with Crippen LogP contribution in [0.2, 0.25) is 0 Å². The molecule has 2 N–H and O–H groups in total. The number of anilines is 1. The van der Waals surface area contributed by atoms with Crippen LogP contribution in [0.15, 0.2) is 77.4 Å². The molecule has 0 aliphatic carbocycles. The van der Waals surface area contributed by atoms with Gasteiger partial charge in [0.05, 0.1) is 24.0 Å². The summed E-state index contributed by atoms with van der Waals surface area (Å²) in [5.41, 5.74) is 3.57. The number of hydrogen-bond donors (Lipinski definition) is 2. The fraction of sp³-hybridized carbons (Fsp3) is 0.280. The number of hydrogen-bond acceptors (Lipinski definition) is 4. The van der Waals surface area contributed by atoms with E-state index in [2.05, 4.69) is 48.6 Å². The lowest BCUT2D eigenvalue weighted by molar-refractivity contribution is 0.159. The van der Waals surface area contributed by atoms with E-state index in [0.717, 1.165) is 35.4 Å². The molecule has 3 aromatic rings. The molecular weight excluding hydrogens is 468 g/mol. The lowest BCUT2D eigenvalue weighted by Crippen LogP contribution is -2.42. The average Bonchev–Trinajstić information content (AvgIpc) is 3.21. The molecule has 1 saturated heterocycles. The van der Waals surface area contributed by atoms with Gasteiger partial charge in [0.1, 0.15) is 0 Å². The van der Waals surface area contributed by atoms with Gasteiger partial charge < -0.3 is 15.4 Å². The molecule has 2 aromatic carbocycles. The van der Waals surface area contributed by atoms with Crippen molar-refractivity contribution in [1.82, 2.24) is 15.2 Å². The first-order chi connectivity index (χ1) is 15.6. The van der Waals surface area contributed by atoms with Crippen molar-refractivity contribution in [1.29, 1.82) is 0 Å². The van der Waals surface area contributed by atoms with Crippen LogP contribution >= 0.6 is 15.9 Å². The zero-order chi connectivity index (χ0) is 22.3. The molecule has 0 radical (unpaired) electrons. The topological polar surface area (TPSA) is 66.5 Å². The molecule has 0 unspecified atom stereocenters. The second-order valence-corrected chi connectivity index (χ2v) is 8.81. The van der Waals surface area contributed by atoms with E-state index in [9.17, 15) is 4.79 Å². The summed E-state index contributed by atoms with van der Waals surface area (Å²) in [5, 5.41) is 6.23. The minimum atomic E-state index is -0.235. The average molecular weight is 495 g/mol. The molecule has 166 valence electrons. The number of pyridine rings is 1. The molecule has 7 heteroatoms. The Morgan fingerprint density at radius 1 is 1.12 bits per heavy atom. The Hall–Kier alpha value is -2.74. The number of ether oxygens (including phenoxy) is 1. The number of benzene rings is 2. The summed E-state index contributed by atoms with van der Waals surface area (Å²) in [6, 6.07) is 21.8. The van der Waals surface area contributed by atoms with Gasteiger partial charge in [-0.2, -0.15) is 0 Å². The summed E-state index contributed by atoms with van der Waals surface area (Å²) >= 11 is 3.47. The molecule has 2 amide bonds. The van der Waals surface area contributed by atoms with Crippen molar-refractivity contribution in [3.05, 3.63) is 83.0 Å². The standard InChI is InChI=1S/C25H27BrN4O2/c1-32-13-12-30-16-21(18-8-4-2-5-9-18)23(17-30)29-25(31)28-22-14-20(26)15-27-24(22)19-10-6-3-7-11-19/h2-11,14-15,21,23H,12-13,16-17H2,1H3,(H2,28,29,31)/t21-,23+/m1/s1. The van der Waals surface area contributed by atoms with E-state index in [0.29, 0.717) is 12.3 Å². The smallest absolute Gasteiger partial charge is 0.319 e. The number of amides is 2. The van der Waals surface area contributed by atoms with Crippen molar-refractivity contribution in [3.63, 3.8) is 0 Å². The quantitative estimate of drug-likeness (QED) is 0.497. The summed E-state index contributed by atoms with van der Waals surface area (Å²) in [6.45, 7) is 3.17. The number of nitrogens with zero attached hydrogens (tertiary/aromatic N) is 2. The fourth-order valence-corrected chi connectivity index (χ4v) is 4.49. The Kier molecular flexibility index (Phi) is 7.52. The van der Waals surface area contributed by atoms with Gasteiger partial charge in [-0.15, -0.1) is 0 Å². The summed E-state index contributed by atoms with van der Waals surface area (Å²) in [7, 11) is 1.71. The first kappa shape index (κ1) is 22.5. The molecule has 6 nitrogen and oxygen atoms in total. The van der Waals surface area contributed by atoms with Crippen LogP contribution in [0.4, 0.5) is 10.5 Å². The van der Waals surface area contributed by atoms with Crippen LogP contribution in [-0.2, 0) is 4.74 Å². The number of urea groups is 1. The van der Waals surface area contributed by atoms with Gasteiger partial charge in [-0.25, -0.2) is 4.79 Å². The zero-order valence-electron chi connectivity index (χ0n) is 18.0. The number of aromatic nitrogens is 1. The molecule has 1 aliphatic rings. The first-order valence-electron chi connectivity index (χ1n) is 10.7. The second kappa shape index (κ2) is 10.7. The van der Waals surface area contributed by atoms with Crippen molar-refractivity contribution in [3.8, 4) is 11.3 Å². The lowest BCUT2D eigenvalue weighted by Gasteiger charge is -2.21. The Morgan fingerprint density at radius 2 is 1.84 bits per heavy atom. The second-order valence-electron chi connectivity index (χ2n) is 7.89. The number of methoxy groups -OCH3 is 1. The van der Waals surface area contributed by atoms with E-state index >= 15 is 0 Å². The van der Waals surface area contributed by atoms with Crippen molar-refractivity contribution >= 4 is 27.6 Å². The molecule has 0 bridgehead atoms. The van der Waals surface area contributed by atoms with Crippen LogP contribution in [0, 0.1) is 0 Å². The molecule has 4 rings (SSSR count). The van der Waals surface area contributed by atoms with Crippen molar-refractivity contribution < 1.29 is 9.53 Å². The normalized spacial score (nSPS) is 18.4. The minimum Gasteiger partial charge on any atom is -0.383 e. The van der Waals surface area contributed by atoms with Crippen molar-refractivity contribution in [2.75, 3.05) is 38.7 Å². The summed E-state index contributed by atoms with van der Waals surface area (Å²) in [4.78, 5) is 19.9. The van der Waals surface area contributed by atoms with E-state index in [-0.39, 0.29) is 18.0 Å². The van der Waals surface area contributed by atoms with Crippen molar-refractivity contribution in [2.24, 2.45) is 0 Å². The van der Waals surface area contributed by atoms with Gasteiger partial charge in [-0.3, -0.25) is 9.88 Å². The van der Waals surface area contributed by atoms with Crippen molar-refractivity contribution in [2.45, 2.75) is 12.0 Å². The Balaban J connectivity index is 1.51. The van der Waals surface area contributed by atoms with Crippen LogP contribution in [0.1, 0.15) is 11.5 Å². The monoisotopic (exact) mass is 494 g/mol. The molecule has 1 aromatic heterocycles. The third-order valence-corrected chi connectivity index (χ3v) is 6.13. The largest absolute Gasteiger partial charge is 0.383 e. The van der Waals surface area contributed by atoms with Crippen LogP contribution < -0.4 is 10.6 Å². The SMILES string of the molecule is COCCN1C[C@H](NC(=O)Nc2cc(Br)cnc2-c2ccccc2)[C@@H](c2ccccc2)C1. The lowest BCUT2D eigenvalue weighted by atomic mass is 9.94. The van der Waals surface area contributed by atoms with Gasteiger partial charge in [0, 0.05) is 48.9 Å². The van der Waals surface area contributed by atoms with E-state index in [1.807, 2.05) is 54.6 Å². The van der Waals surface area contributed by atoms with E-state index in [1.54, 1.807) is 13.3 Å². The Morgan fingerprint density at radius 3 is 2.56 bits per heavy atom. The number of likely N-dealkylation sites (tertiary alicyclic amines) is 1. The summed E-state index contributed by atoms with van der Waals surface area (Å²) in [6.07, 6.45) is 1.74. The van der Waals surface area contributed by atoms with Crippen LogP contribution in [0.25, 0.3) is 11.3 Å². The highest BCUT2D eigenvalue weighted by Gasteiger charge is 2.34. The summed E-state index contributed by atoms with van der Waals surface area (Å²) in [5.74, 6) is 0.216. The van der Waals surface area contributed by atoms with Gasteiger partial charge in [-0.1, -0.05) is 60.7 Å². The van der Waals surface area contributed by atoms with Crippen LogP contribution in [0.3, 0.4) is 0 Å². The van der Waals surface area contributed by atoms with Gasteiger partial charge >= 0.3 is 6.03 Å². The number of rotatable bonds is 7. The maximum absolute atomic E-state index is 13.1. The minimum absolute atomic E-state index is 0.00505. The van der Waals surface area contributed by atoms with Gasteiger partial charge in [0.15, 0.2) is 0 Å². The number of halogens is 1. The molecule has 2 heterocycles. The van der Waals surface area contributed by atoms with Gasteiger partial charge in [0.25, 0.3) is 0 Å². The van der Waals surface area contributed by atoms with E-state index < -0.39 is 0 Å². The Bertz CT molecular complexity index is 1030.